The molecule has 0 saturated carbocycles. The number of carbonyl (C=O) groups excluding carboxylic acids is 2. The first-order chi connectivity index (χ1) is 6.27. The summed E-state index contributed by atoms with van der Waals surface area (Å²) in [6.45, 7) is 0.370. The average molecular weight is 214 g/mol. The second kappa shape index (κ2) is 3.47. The molecule has 1 aliphatic rings. The third-order valence-electron chi connectivity index (χ3n) is 1.64. The smallest absolute Gasteiger partial charge is 0.273 e. The van der Waals surface area contributed by atoms with Gasteiger partial charge in [-0.2, -0.15) is 0 Å². The van der Waals surface area contributed by atoms with E-state index in [2.05, 4.69) is 4.98 Å². The largest absolute Gasteiger partial charge is 0.289 e. The summed E-state index contributed by atoms with van der Waals surface area (Å²) in [5.74, 6) is 0.167. The molecule has 0 spiro atoms. The summed E-state index contributed by atoms with van der Waals surface area (Å²) < 4.78 is 0. The highest BCUT2D eigenvalue weighted by atomic mass is 32.2. The van der Waals surface area contributed by atoms with Gasteiger partial charge in [0.1, 0.15) is 0 Å². The molecule has 0 aliphatic carbocycles. The summed E-state index contributed by atoms with van der Waals surface area (Å²) in [5, 5.41) is -0.154. The van der Waals surface area contributed by atoms with Crippen LogP contribution in [0, 0.1) is 0 Å². The van der Waals surface area contributed by atoms with E-state index in [4.69, 9.17) is 0 Å². The van der Waals surface area contributed by atoms with Crippen LogP contribution in [0.3, 0.4) is 0 Å². The van der Waals surface area contributed by atoms with Crippen LogP contribution >= 0.6 is 23.1 Å². The van der Waals surface area contributed by atoms with Crippen LogP contribution in [0.2, 0.25) is 0 Å². The lowest BCUT2D eigenvalue weighted by molar-refractivity contribution is -0.124. The fraction of sp³-hybridized carbons (Fsp3) is 0.286. The van der Waals surface area contributed by atoms with Gasteiger partial charge in [-0.05, 0) is 0 Å². The Balaban J connectivity index is 2.09. The Bertz CT molecular complexity index is 320. The van der Waals surface area contributed by atoms with Gasteiger partial charge in [0, 0.05) is 11.1 Å². The van der Waals surface area contributed by atoms with Gasteiger partial charge in [0.15, 0.2) is 0 Å². The zero-order chi connectivity index (χ0) is 9.26. The Labute approximate surface area is 83.0 Å². The molecule has 1 fully saturated rings. The standard InChI is InChI=1S/C7H6N2O2S2/c10-6-3-12-7(11)9(6)2-5-1-8-4-13-5/h1,4H,2-3H2. The van der Waals surface area contributed by atoms with Crippen molar-refractivity contribution in [1.29, 1.82) is 0 Å². The molecule has 13 heavy (non-hydrogen) atoms. The van der Waals surface area contributed by atoms with Crippen molar-refractivity contribution in [2.45, 2.75) is 6.54 Å². The van der Waals surface area contributed by atoms with Gasteiger partial charge < -0.3 is 0 Å². The van der Waals surface area contributed by atoms with Crippen LogP contribution in [-0.4, -0.2) is 26.8 Å². The predicted molar refractivity (Wildman–Crippen MR) is 50.5 cm³/mol. The number of rotatable bonds is 2. The monoisotopic (exact) mass is 214 g/mol. The van der Waals surface area contributed by atoms with Crippen molar-refractivity contribution in [1.82, 2.24) is 9.88 Å². The number of thiazole rings is 1. The molecular formula is C7H6N2O2S2. The van der Waals surface area contributed by atoms with Gasteiger partial charge in [0.25, 0.3) is 5.24 Å². The maximum absolute atomic E-state index is 11.2. The maximum atomic E-state index is 11.2. The molecule has 1 saturated heterocycles. The number of nitrogens with zero attached hydrogens (tertiary/aromatic N) is 2. The topological polar surface area (TPSA) is 50.3 Å². The Morgan fingerprint density at radius 2 is 2.38 bits per heavy atom. The van der Waals surface area contributed by atoms with Crippen molar-refractivity contribution in [2.24, 2.45) is 0 Å². The van der Waals surface area contributed by atoms with Crippen LogP contribution in [0.25, 0.3) is 0 Å². The zero-order valence-electron chi connectivity index (χ0n) is 6.60. The number of hydrogen-bond donors (Lipinski definition) is 0. The van der Waals surface area contributed by atoms with E-state index in [1.54, 1.807) is 11.7 Å². The normalized spacial score (nSPS) is 17.1. The first-order valence-corrected chi connectivity index (χ1v) is 5.48. The number of imide groups is 1. The van der Waals surface area contributed by atoms with Crippen molar-refractivity contribution in [3.8, 4) is 0 Å². The van der Waals surface area contributed by atoms with E-state index in [-0.39, 0.29) is 16.9 Å². The van der Waals surface area contributed by atoms with E-state index >= 15 is 0 Å². The number of amides is 2. The van der Waals surface area contributed by atoms with Crippen molar-refractivity contribution in [3.05, 3.63) is 16.6 Å². The fourth-order valence-corrected chi connectivity index (χ4v) is 2.32. The highest BCUT2D eigenvalue weighted by Gasteiger charge is 2.29. The van der Waals surface area contributed by atoms with Gasteiger partial charge in [-0.25, -0.2) is 0 Å². The summed E-state index contributed by atoms with van der Waals surface area (Å²) in [7, 11) is 0. The minimum Gasteiger partial charge on any atom is -0.273 e. The van der Waals surface area contributed by atoms with E-state index in [1.807, 2.05) is 0 Å². The van der Waals surface area contributed by atoms with E-state index in [9.17, 15) is 9.59 Å². The zero-order valence-corrected chi connectivity index (χ0v) is 8.23. The molecule has 6 heteroatoms. The first kappa shape index (κ1) is 8.71. The van der Waals surface area contributed by atoms with Crippen molar-refractivity contribution < 1.29 is 9.59 Å². The lowest BCUT2D eigenvalue weighted by Crippen LogP contribution is -2.27. The van der Waals surface area contributed by atoms with Crippen LogP contribution in [0.4, 0.5) is 4.79 Å². The molecule has 1 aromatic heterocycles. The minimum absolute atomic E-state index is 0.108. The number of aromatic nitrogens is 1. The van der Waals surface area contributed by atoms with E-state index < -0.39 is 0 Å². The first-order valence-electron chi connectivity index (χ1n) is 3.62. The van der Waals surface area contributed by atoms with Gasteiger partial charge in [0.05, 0.1) is 17.8 Å². The summed E-state index contributed by atoms with van der Waals surface area (Å²) in [5.41, 5.74) is 1.69. The Morgan fingerprint density at radius 3 is 2.92 bits per heavy atom. The van der Waals surface area contributed by atoms with E-state index in [1.165, 1.54) is 16.2 Å². The molecule has 0 aromatic carbocycles. The molecule has 1 aliphatic heterocycles. The Morgan fingerprint density at radius 1 is 1.54 bits per heavy atom. The third-order valence-corrected chi connectivity index (χ3v) is 3.26. The van der Waals surface area contributed by atoms with Gasteiger partial charge >= 0.3 is 0 Å². The average Bonchev–Trinajstić information content (AvgIpc) is 2.70. The van der Waals surface area contributed by atoms with Crippen LogP contribution in [0.15, 0.2) is 11.7 Å². The molecule has 0 unspecified atom stereocenters. The third kappa shape index (κ3) is 1.73. The molecule has 4 nitrogen and oxygen atoms in total. The summed E-state index contributed by atoms with van der Waals surface area (Å²) in [4.78, 5) is 28.4. The van der Waals surface area contributed by atoms with Crippen molar-refractivity contribution in [3.63, 3.8) is 0 Å². The second-order valence-electron chi connectivity index (χ2n) is 2.50. The molecule has 1 aromatic rings. The molecule has 2 heterocycles. The van der Waals surface area contributed by atoms with Crippen LogP contribution < -0.4 is 0 Å². The van der Waals surface area contributed by atoms with E-state index in [0.29, 0.717) is 6.54 Å². The summed E-state index contributed by atoms with van der Waals surface area (Å²) in [6.07, 6.45) is 1.67. The highest BCUT2D eigenvalue weighted by molar-refractivity contribution is 8.14. The van der Waals surface area contributed by atoms with Gasteiger partial charge in [-0.3, -0.25) is 19.5 Å². The molecule has 68 valence electrons. The summed E-state index contributed by atoms with van der Waals surface area (Å²) >= 11 is 2.50. The predicted octanol–water partition coefficient (Wildman–Crippen LogP) is 1.34. The Hall–Kier alpha value is -0.880. The fourth-order valence-electron chi connectivity index (χ4n) is 1.01. The Kier molecular flexibility index (Phi) is 2.32. The number of carbonyl (C=O) groups is 2. The van der Waals surface area contributed by atoms with Gasteiger partial charge in [0.2, 0.25) is 5.91 Å². The molecule has 2 amide bonds. The molecule has 0 atom stereocenters. The lowest BCUT2D eigenvalue weighted by Gasteiger charge is -2.09. The minimum atomic E-state index is -0.154. The lowest BCUT2D eigenvalue weighted by atomic mass is 10.5. The molecule has 0 N–H and O–H groups in total. The summed E-state index contributed by atoms with van der Waals surface area (Å²) in [6, 6.07) is 0. The molecular weight excluding hydrogens is 208 g/mol. The number of hydrogen-bond acceptors (Lipinski definition) is 5. The molecule has 0 radical (unpaired) electrons. The quantitative estimate of drug-likeness (QED) is 0.745. The number of thioether (sulfide) groups is 1. The van der Waals surface area contributed by atoms with Crippen LogP contribution in [-0.2, 0) is 11.3 Å². The maximum Gasteiger partial charge on any atom is 0.289 e. The van der Waals surface area contributed by atoms with Crippen LogP contribution in [0.5, 0.6) is 0 Å². The highest BCUT2D eigenvalue weighted by Crippen LogP contribution is 2.21. The van der Waals surface area contributed by atoms with Crippen molar-refractivity contribution in [2.75, 3.05) is 5.75 Å². The van der Waals surface area contributed by atoms with E-state index in [0.717, 1.165) is 16.6 Å². The SMILES string of the molecule is O=C1CSC(=O)N1Cc1cncs1. The molecule has 0 bridgehead atoms. The van der Waals surface area contributed by atoms with Gasteiger partial charge in [-0.1, -0.05) is 11.8 Å². The second-order valence-corrected chi connectivity index (χ2v) is 4.40. The van der Waals surface area contributed by atoms with Crippen LogP contribution in [0.1, 0.15) is 4.88 Å². The molecule has 2 rings (SSSR count). The van der Waals surface area contributed by atoms with Crippen molar-refractivity contribution >= 4 is 34.2 Å². The van der Waals surface area contributed by atoms with Gasteiger partial charge in [-0.15, -0.1) is 11.3 Å².